The van der Waals surface area contributed by atoms with Crippen molar-refractivity contribution >= 4 is 5.97 Å². The first-order valence-electron chi connectivity index (χ1n) is 6.46. The SMILES string of the molecule is CC(NC1CCCCC1O)C(=O)OC(C)(C)C. The van der Waals surface area contributed by atoms with Crippen LogP contribution in [-0.4, -0.2) is 34.9 Å². The highest BCUT2D eigenvalue weighted by atomic mass is 16.6. The Morgan fingerprint density at radius 3 is 2.47 bits per heavy atom. The number of rotatable bonds is 3. The first-order chi connectivity index (χ1) is 7.79. The Hall–Kier alpha value is -0.610. The average molecular weight is 243 g/mol. The minimum atomic E-state index is -0.460. The number of aliphatic hydroxyl groups excluding tert-OH is 1. The fraction of sp³-hybridized carbons (Fsp3) is 0.923. The average Bonchev–Trinajstić information content (AvgIpc) is 2.18. The van der Waals surface area contributed by atoms with Crippen molar-refractivity contribution in [2.45, 2.75) is 77.2 Å². The van der Waals surface area contributed by atoms with Crippen molar-refractivity contribution < 1.29 is 14.6 Å². The Morgan fingerprint density at radius 2 is 1.94 bits per heavy atom. The summed E-state index contributed by atoms with van der Waals surface area (Å²) in [7, 11) is 0. The summed E-state index contributed by atoms with van der Waals surface area (Å²) in [5, 5.41) is 13.0. The lowest BCUT2D eigenvalue weighted by Gasteiger charge is -2.31. The van der Waals surface area contributed by atoms with Crippen LogP contribution in [0.1, 0.15) is 53.4 Å². The number of nitrogens with one attached hydrogen (secondary N) is 1. The van der Waals surface area contributed by atoms with Gasteiger partial charge in [0.15, 0.2) is 0 Å². The van der Waals surface area contributed by atoms with Crippen molar-refractivity contribution in [2.24, 2.45) is 0 Å². The van der Waals surface area contributed by atoms with Gasteiger partial charge in [-0.15, -0.1) is 0 Å². The third kappa shape index (κ3) is 5.04. The van der Waals surface area contributed by atoms with Gasteiger partial charge in [0.2, 0.25) is 0 Å². The standard InChI is InChI=1S/C13H25NO3/c1-9(12(16)17-13(2,3)4)14-10-7-5-6-8-11(10)15/h9-11,14-15H,5-8H2,1-4H3. The summed E-state index contributed by atoms with van der Waals surface area (Å²) >= 11 is 0. The summed E-state index contributed by atoms with van der Waals surface area (Å²) in [5.74, 6) is -0.254. The fourth-order valence-electron chi connectivity index (χ4n) is 2.09. The first-order valence-corrected chi connectivity index (χ1v) is 6.46. The Kier molecular flexibility index (Phi) is 4.95. The van der Waals surface area contributed by atoms with Gasteiger partial charge < -0.3 is 9.84 Å². The molecule has 1 aliphatic carbocycles. The lowest BCUT2D eigenvalue weighted by atomic mass is 9.92. The normalized spacial score (nSPS) is 27.6. The molecule has 1 rings (SSSR count). The highest BCUT2D eigenvalue weighted by molar-refractivity contribution is 5.75. The predicted molar refractivity (Wildman–Crippen MR) is 66.7 cm³/mol. The van der Waals surface area contributed by atoms with E-state index in [1.165, 1.54) is 0 Å². The molecular formula is C13H25NO3. The molecular weight excluding hydrogens is 218 g/mol. The van der Waals surface area contributed by atoms with Crippen molar-refractivity contribution in [3.05, 3.63) is 0 Å². The van der Waals surface area contributed by atoms with Gasteiger partial charge >= 0.3 is 5.97 Å². The van der Waals surface area contributed by atoms with E-state index in [-0.39, 0.29) is 24.2 Å². The number of esters is 1. The second-order valence-corrected chi connectivity index (χ2v) is 5.88. The zero-order valence-electron chi connectivity index (χ0n) is 11.3. The Balaban J connectivity index is 2.42. The molecule has 0 aromatic heterocycles. The van der Waals surface area contributed by atoms with Gasteiger partial charge in [0.1, 0.15) is 11.6 Å². The van der Waals surface area contributed by atoms with Gasteiger partial charge in [-0.2, -0.15) is 0 Å². The van der Waals surface area contributed by atoms with Crippen LogP contribution in [0.3, 0.4) is 0 Å². The molecule has 3 atom stereocenters. The lowest BCUT2D eigenvalue weighted by molar-refractivity contribution is -0.157. The molecule has 100 valence electrons. The quantitative estimate of drug-likeness (QED) is 0.739. The van der Waals surface area contributed by atoms with E-state index in [9.17, 15) is 9.90 Å². The monoisotopic (exact) mass is 243 g/mol. The molecule has 0 radical (unpaired) electrons. The summed E-state index contributed by atoms with van der Waals surface area (Å²) in [5.41, 5.74) is -0.460. The van der Waals surface area contributed by atoms with E-state index in [0.29, 0.717) is 0 Å². The number of hydrogen-bond donors (Lipinski definition) is 2. The van der Waals surface area contributed by atoms with Crippen LogP contribution >= 0.6 is 0 Å². The molecule has 1 fully saturated rings. The molecule has 0 heterocycles. The minimum absolute atomic E-state index is 0.0197. The summed E-state index contributed by atoms with van der Waals surface area (Å²) in [4.78, 5) is 11.8. The number of ether oxygens (including phenoxy) is 1. The van der Waals surface area contributed by atoms with Crippen LogP contribution in [0.2, 0.25) is 0 Å². The van der Waals surface area contributed by atoms with Gasteiger partial charge in [-0.3, -0.25) is 10.1 Å². The molecule has 3 unspecified atom stereocenters. The molecule has 0 aromatic rings. The van der Waals surface area contributed by atoms with Crippen LogP contribution in [0, 0.1) is 0 Å². The van der Waals surface area contributed by atoms with Crippen LogP contribution in [0.15, 0.2) is 0 Å². The summed E-state index contributed by atoms with van der Waals surface area (Å²) in [6, 6.07) is -0.349. The Bertz CT molecular complexity index is 260. The van der Waals surface area contributed by atoms with Crippen molar-refractivity contribution in [1.82, 2.24) is 5.32 Å². The molecule has 1 aliphatic rings. The van der Waals surface area contributed by atoms with Crippen molar-refractivity contribution in [3.8, 4) is 0 Å². The van der Waals surface area contributed by atoms with Gasteiger partial charge in [-0.25, -0.2) is 0 Å². The third-order valence-electron chi connectivity index (χ3n) is 2.95. The maximum absolute atomic E-state index is 11.8. The second-order valence-electron chi connectivity index (χ2n) is 5.88. The van der Waals surface area contributed by atoms with E-state index < -0.39 is 5.60 Å². The summed E-state index contributed by atoms with van der Waals surface area (Å²) in [6.07, 6.45) is 3.58. The van der Waals surface area contributed by atoms with Gasteiger partial charge in [-0.05, 0) is 40.5 Å². The third-order valence-corrected chi connectivity index (χ3v) is 2.95. The summed E-state index contributed by atoms with van der Waals surface area (Å²) < 4.78 is 5.29. The molecule has 0 aliphatic heterocycles. The fourth-order valence-corrected chi connectivity index (χ4v) is 2.09. The van der Waals surface area contributed by atoms with Crippen molar-refractivity contribution in [1.29, 1.82) is 0 Å². The molecule has 0 aromatic carbocycles. The summed E-state index contributed by atoms with van der Waals surface area (Å²) in [6.45, 7) is 7.35. The van der Waals surface area contributed by atoms with E-state index in [1.54, 1.807) is 6.92 Å². The molecule has 2 N–H and O–H groups in total. The van der Waals surface area contributed by atoms with Gasteiger partial charge in [0.05, 0.1) is 6.10 Å². The van der Waals surface area contributed by atoms with E-state index in [1.807, 2.05) is 20.8 Å². The molecule has 4 nitrogen and oxygen atoms in total. The smallest absolute Gasteiger partial charge is 0.323 e. The first kappa shape index (κ1) is 14.5. The maximum atomic E-state index is 11.8. The predicted octanol–water partition coefficient (Wildman–Crippen LogP) is 1.61. The van der Waals surface area contributed by atoms with Gasteiger partial charge in [0.25, 0.3) is 0 Å². The maximum Gasteiger partial charge on any atom is 0.323 e. The molecule has 0 spiro atoms. The van der Waals surface area contributed by atoms with Gasteiger partial charge in [-0.1, -0.05) is 12.8 Å². The highest BCUT2D eigenvalue weighted by Crippen LogP contribution is 2.19. The highest BCUT2D eigenvalue weighted by Gasteiger charge is 2.28. The molecule has 0 amide bonds. The molecule has 17 heavy (non-hydrogen) atoms. The molecule has 4 heteroatoms. The van der Waals surface area contributed by atoms with Crippen LogP contribution in [-0.2, 0) is 9.53 Å². The van der Waals surface area contributed by atoms with E-state index >= 15 is 0 Å². The van der Waals surface area contributed by atoms with E-state index in [4.69, 9.17) is 4.74 Å². The lowest BCUT2D eigenvalue weighted by Crippen LogP contribution is -2.50. The van der Waals surface area contributed by atoms with Crippen molar-refractivity contribution in [2.75, 3.05) is 0 Å². The van der Waals surface area contributed by atoms with Gasteiger partial charge in [0, 0.05) is 6.04 Å². The molecule has 0 saturated heterocycles. The zero-order chi connectivity index (χ0) is 13.1. The number of carbonyl (C=O) groups is 1. The topological polar surface area (TPSA) is 58.6 Å². The van der Waals surface area contributed by atoms with Crippen molar-refractivity contribution in [3.63, 3.8) is 0 Å². The largest absolute Gasteiger partial charge is 0.459 e. The van der Waals surface area contributed by atoms with E-state index in [2.05, 4.69) is 5.32 Å². The van der Waals surface area contributed by atoms with Crippen LogP contribution < -0.4 is 5.32 Å². The zero-order valence-corrected chi connectivity index (χ0v) is 11.3. The second kappa shape index (κ2) is 5.83. The number of hydrogen-bond acceptors (Lipinski definition) is 4. The van der Waals surface area contributed by atoms with Crippen LogP contribution in [0.25, 0.3) is 0 Å². The minimum Gasteiger partial charge on any atom is -0.459 e. The van der Waals surface area contributed by atoms with Crippen LogP contribution in [0.4, 0.5) is 0 Å². The van der Waals surface area contributed by atoms with E-state index in [0.717, 1.165) is 25.7 Å². The number of carbonyl (C=O) groups excluding carboxylic acids is 1. The van der Waals surface area contributed by atoms with Crippen LogP contribution in [0.5, 0.6) is 0 Å². The molecule has 1 saturated carbocycles. The molecule has 0 bridgehead atoms. The Morgan fingerprint density at radius 1 is 1.35 bits per heavy atom. The Labute approximate surface area is 104 Å². The number of aliphatic hydroxyl groups is 1.